The van der Waals surface area contributed by atoms with E-state index >= 15 is 0 Å². The predicted molar refractivity (Wildman–Crippen MR) is 123 cm³/mol. The number of rotatable bonds is 4. The SMILES string of the molecule is Cl.Cn1ncc2cc(N3CCC(O)C3)c(NC(=O)c3coc(-c4cccnc4N)n3)cc21. The maximum Gasteiger partial charge on any atom is 0.277 e. The Balaban J connectivity index is 0.00000245. The van der Waals surface area contributed by atoms with Crippen molar-refractivity contribution in [2.24, 2.45) is 7.05 Å². The van der Waals surface area contributed by atoms with Crippen molar-refractivity contribution in [3.05, 3.63) is 48.6 Å². The van der Waals surface area contributed by atoms with Crippen LogP contribution in [-0.4, -0.2) is 50.0 Å². The number of aliphatic hydroxyl groups is 1. The van der Waals surface area contributed by atoms with Crippen molar-refractivity contribution in [2.75, 3.05) is 29.0 Å². The second kappa shape index (κ2) is 8.48. The number of pyridine rings is 1. The van der Waals surface area contributed by atoms with E-state index < -0.39 is 12.0 Å². The summed E-state index contributed by atoms with van der Waals surface area (Å²) in [5.41, 5.74) is 8.83. The highest BCUT2D eigenvalue weighted by Crippen LogP contribution is 2.34. The van der Waals surface area contributed by atoms with Crippen LogP contribution in [0.15, 0.2) is 47.3 Å². The van der Waals surface area contributed by atoms with Crippen LogP contribution in [0.2, 0.25) is 0 Å². The quantitative estimate of drug-likeness (QED) is 0.427. The van der Waals surface area contributed by atoms with Crippen molar-refractivity contribution in [1.29, 1.82) is 0 Å². The van der Waals surface area contributed by atoms with Gasteiger partial charge in [-0.05, 0) is 30.7 Å². The van der Waals surface area contributed by atoms with Crippen molar-refractivity contribution in [3.8, 4) is 11.5 Å². The number of halogens is 1. The van der Waals surface area contributed by atoms with E-state index in [0.29, 0.717) is 30.8 Å². The van der Waals surface area contributed by atoms with Gasteiger partial charge in [0.15, 0.2) is 5.69 Å². The van der Waals surface area contributed by atoms with E-state index in [-0.39, 0.29) is 29.8 Å². The van der Waals surface area contributed by atoms with Crippen LogP contribution in [0.25, 0.3) is 22.4 Å². The minimum absolute atomic E-state index is 0. The number of amides is 1. The Kier molecular flexibility index (Phi) is 5.72. The first-order chi connectivity index (χ1) is 15.0. The van der Waals surface area contributed by atoms with E-state index in [1.807, 2.05) is 19.2 Å². The number of aromatic nitrogens is 4. The second-order valence-electron chi connectivity index (χ2n) is 7.51. The summed E-state index contributed by atoms with van der Waals surface area (Å²) >= 11 is 0. The topological polar surface area (TPSA) is 135 Å². The van der Waals surface area contributed by atoms with Crippen LogP contribution in [0.1, 0.15) is 16.9 Å². The van der Waals surface area contributed by atoms with Gasteiger partial charge in [0.05, 0.1) is 34.8 Å². The number of carbonyl (C=O) groups is 1. The Morgan fingerprint density at radius 2 is 2.22 bits per heavy atom. The van der Waals surface area contributed by atoms with Gasteiger partial charge in [0.2, 0.25) is 5.89 Å². The summed E-state index contributed by atoms with van der Waals surface area (Å²) in [6.45, 7) is 1.20. The maximum atomic E-state index is 13.0. The van der Waals surface area contributed by atoms with Crippen LogP contribution in [0.5, 0.6) is 0 Å². The molecule has 5 rings (SSSR count). The number of β-amino-alcohol motifs (C(OH)–C–C–N with tert-alkyl or cyclic N) is 1. The van der Waals surface area contributed by atoms with Gasteiger partial charge in [-0.15, -0.1) is 12.4 Å². The number of fused-ring (bicyclic) bond motifs is 1. The van der Waals surface area contributed by atoms with Crippen LogP contribution in [0.3, 0.4) is 0 Å². The lowest BCUT2D eigenvalue weighted by atomic mass is 10.1. The zero-order chi connectivity index (χ0) is 21.5. The molecule has 1 amide bonds. The summed E-state index contributed by atoms with van der Waals surface area (Å²) in [6, 6.07) is 7.29. The van der Waals surface area contributed by atoms with Gasteiger partial charge in [-0.1, -0.05) is 0 Å². The van der Waals surface area contributed by atoms with Gasteiger partial charge in [0.1, 0.15) is 12.1 Å². The summed E-state index contributed by atoms with van der Waals surface area (Å²) in [4.78, 5) is 23.3. The van der Waals surface area contributed by atoms with E-state index in [4.69, 9.17) is 10.2 Å². The first-order valence-electron chi connectivity index (χ1n) is 9.86. The summed E-state index contributed by atoms with van der Waals surface area (Å²) < 4.78 is 7.20. The van der Waals surface area contributed by atoms with Gasteiger partial charge in [-0.2, -0.15) is 5.10 Å². The van der Waals surface area contributed by atoms with Gasteiger partial charge in [0, 0.05) is 31.7 Å². The number of hydrogen-bond donors (Lipinski definition) is 3. The molecule has 0 saturated carbocycles. The van der Waals surface area contributed by atoms with Gasteiger partial charge < -0.3 is 25.5 Å². The monoisotopic (exact) mass is 455 g/mol. The van der Waals surface area contributed by atoms with Gasteiger partial charge in [-0.3, -0.25) is 9.48 Å². The molecule has 3 aromatic heterocycles. The Morgan fingerprint density at radius 1 is 1.38 bits per heavy atom. The van der Waals surface area contributed by atoms with Gasteiger partial charge in [0.25, 0.3) is 5.91 Å². The minimum atomic E-state index is -0.417. The Hall–Kier alpha value is -3.63. The number of oxazole rings is 1. The molecule has 32 heavy (non-hydrogen) atoms. The predicted octanol–water partition coefficient (Wildman–Crippen LogP) is 2.45. The fraction of sp³-hybridized carbons (Fsp3) is 0.238. The molecule has 1 atom stereocenters. The van der Waals surface area contributed by atoms with Crippen LogP contribution in [0.4, 0.5) is 17.2 Å². The third kappa shape index (κ3) is 3.85. The third-order valence-electron chi connectivity index (χ3n) is 5.42. The number of nitrogens with zero attached hydrogens (tertiary/aromatic N) is 5. The van der Waals surface area contributed by atoms with E-state index in [1.165, 1.54) is 6.26 Å². The molecule has 4 aromatic rings. The molecule has 0 aliphatic carbocycles. The molecule has 0 spiro atoms. The first kappa shape index (κ1) is 21.6. The number of nitrogen functional groups attached to an aromatic ring is 1. The fourth-order valence-corrected chi connectivity index (χ4v) is 3.80. The molecule has 166 valence electrons. The normalized spacial score (nSPS) is 15.7. The van der Waals surface area contributed by atoms with Crippen molar-refractivity contribution in [1.82, 2.24) is 19.7 Å². The summed E-state index contributed by atoms with van der Waals surface area (Å²) in [6.07, 6.45) is 4.92. The lowest BCUT2D eigenvalue weighted by Crippen LogP contribution is -2.23. The van der Waals surface area contributed by atoms with E-state index in [2.05, 4.69) is 25.3 Å². The van der Waals surface area contributed by atoms with E-state index in [1.54, 1.807) is 29.2 Å². The Labute approximate surface area is 189 Å². The number of hydrogen-bond acceptors (Lipinski definition) is 8. The number of aliphatic hydroxyl groups excluding tert-OH is 1. The number of carbonyl (C=O) groups excluding carboxylic acids is 1. The standard InChI is InChI=1S/C21H21N7O3.ClH/c1-27-17-8-15(18(7-12(17)9-24-27)28-6-4-13(29)10-28)25-20(30)16-11-31-21(26-16)14-3-2-5-23-19(14)22;/h2-3,5,7-9,11,13,29H,4,6,10H2,1H3,(H2,22,23)(H,25,30);1H. The van der Waals surface area contributed by atoms with Crippen LogP contribution in [-0.2, 0) is 7.05 Å². The molecule has 1 aromatic carbocycles. The molecular formula is C21H22ClN7O3. The molecule has 1 unspecified atom stereocenters. The number of aryl methyl sites for hydroxylation is 1. The van der Waals surface area contributed by atoms with Crippen LogP contribution in [0, 0.1) is 0 Å². The van der Waals surface area contributed by atoms with Crippen molar-refractivity contribution in [2.45, 2.75) is 12.5 Å². The highest BCUT2D eigenvalue weighted by atomic mass is 35.5. The van der Waals surface area contributed by atoms with Gasteiger partial charge >= 0.3 is 0 Å². The van der Waals surface area contributed by atoms with Crippen LogP contribution >= 0.6 is 12.4 Å². The first-order valence-corrected chi connectivity index (χ1v) is 9.86. The van der Waals surface area contributed by atoms with E-state index in [0.717, 1.165) is 16.6 Å². The summed E-state index contributed by atoms with van der Waals surface area (Å²) in [5.74, 6) is 0.0774. The third-order valence-corrected chi connectivity index (χ3v) is 5.42. The number of anilines is 3. The van der Waals surface area contributed by atoms with Crippen molar-refractivity contribution < 1.29 is 14.3 Å². The smallest absolute Gasteiger partial charge is 0.277 e. The second-order valence-corrected chi connectivity index (χ2v) is 7.51. The molecule has 4 N–H and O–H groups in total. The zero-order valence-corrected chi connectivity index (χ0v) is 18.0. The number of nitrogens with two attached hydrogens (primary N) is 1. The summed E-state index contributed by atoms with van der Waals surface area (Å²) in [5, 5.41) is 18.2. The van der Waals surface area contributed by atoms with Crippen LogP contribution < -0.4 is 16.0 Å². The molecular weight excluding hydrogens is 434 g/mol. The highest BCUT2D eigenvalue weighted by Gasteiger charge is 2.25. The lowest BCUT2D eigenvalue weighted by Gasteiger charge is -2.22. The Morgan fingerprint density at radius 3 is 2.97 bits per heavy atom. The molecule has 0 radical (unpaired) electrons. The molecule has 1 fully saturated rings. The molecule has 1 aliphatic rings. The molecule has 1 saturated heterocycles. The minimum Gasteiger partial charge on any atom is -0.443 e. The molecule has 1 aliphatic heterocycles. The van der Waals surface area contributed by atoms with Crippen molar-refractivity contribution in [3.63, 3.8) is 0 Å². The van der Waals surface area contributed by atoms with Gasteiger partial charge in [-0.25, -0.2) is 9.97 Å². The number of nitrogens with one attached hydrogen (secondary N) is 1. The molecule has 10 nitrogen and oxygen atoms in total. The average molecular weight is 456 g/mol. The molecule has 11 heteroatoms. The average Bonchev–Trinajstić information content (AvgIpc) is 3.49. The maximum absolute atomic E-state index is 13.0. The summed E-state index contributed by atoms with van der Waals surface area (Å²) in [7, 11) is 1.84. The highest BCUT2D eigenvalue weighted by molar-refractivity contribution is 6.06. The zero-order valence-electron chi connectivity index (χ0n) is 17.2. The lowest BCUT2D eigenvalue weighted by molar-refractivity contribution is 0.102. The number of benzene rings is 1. The van der Waals surface area contributed by atoms with E-state index in [9.17, 15) is 9.90 Å². The fourth-order valence-electron chi connectivity index (χ4n) is 3.80. The largest absolute Gasteiger partial charge is 0.443 e. The van der Waals surface area contributed by atoms with Crippen molar-refractivity contribution >= 4 is 46.4 Å². The molecule has 0 bridgehead atoms. The molecule has 4 heterocycles. The Bertz CT molecular complexity index is 1290.